The van der Waals surface area contributed by atoms with Crippen LogP contribution in [0.25, 0.3) is 0 Å². The molecule has 2 N–H and O–H groups in total. The number of halogens is 1. The second kappa shape index (κ2) is 10.6. The van der Waals surface area contributed by atoms with Crippen molar-refractivity contribution in [3.05, 3.63) is 22.7 Å². The zero-order chi connectivity index (χ0) is 19.7. The smallest absolute Gasteiger partial charge is 0.258 e. The van der Waals surface area contributed by atoms with Crippen molar-refractivity contribution < 1.29 is 14.3 Å². The highest BCUT2D eigenvalue weighted by atomic mass is 35.5. The predicted octanol–water partition coefficient (Wildman–Crippen LogP) is 2.68. The summed E-state index contributed by atoms with van der Waals surface area (Å²) in [5.41, 5.74) is 0.629. The number of hydrogen-bond donors (Lipinski definition) is 2. The fourth-order valence-electron chi connectivity index (χ4n) is 2.33. The Morgan fingerprint density at radius 2 is 1.92 bits per heavy atom. The van der Waals surface area contributed by atoms with E-state index in [4.69, 9.17) is 21.1 Å². The van der Waals surface area contributed by atoms with E-state index >= 15 is 0 Å². The number of benzene rings is 1. The molecule has 0 atom stereocenters. The van der Waals surface area contributed by atoms with Gasteiger partial charge in [-0.2, -0.15) is 0 Å². The van der Waals surface area contributed by atoms with E-state index in [0.29, 0.717) is 23.1 Å². The van der Waals surface area contributed by atoms with Crippen LogP contribution in [0.1, 0.15) is 32.8 Å². The minimum atomic E-state index is -0.301. The predicted molar refractivity (Wildman–Crippen MR) is 106 cm³/mol. The van der Waals surface area contributed by atoms with E-state index in [9.17, 15) is 4.79 Å². The van der Waals surface area contributed by atoms with Crippen LogP contribution in [-0.4, -0.2) is 57.2 Å². The van der Waals surface area contributed by atoms with Gasteiger partial charge in [0.15, 0.2) is 18.1 Å². The second-order valence-electron chi connectivity index (χ2n) is 7.51. The number of methoxy groups -OCH3 is 1. The summed E-state index contributed by atoms with van der Waals surface area (Å²) in [5.74, 6) is 0.822. The van der Waals surface area contributed by atoms with Crippen LogP contribution in [0.4, 0.5) is 0 Å². The standard InChI is InChI=1S/C19H32ClN3O3/c1-19(2,3)22-18(24)13-26-17-11-15(20)14(10-16(17)25-6)12-21-8-7-9-23(4)5/h10-11,21H,7-9,12-13H2,1-6H3,(H,22,24). The maximum Gasteiger partial charge on any atom is 0.258 e. The molecule has 0 unspecified atom stereocenters. The summed E-state index contributed by atoms with van der Waals surface area (Å²) in [6, 6.07) is 3.54. The molecule has 1 aromatic rings. The number of rotatable bonds is 10. The number of carbonyl (C=O) groups is 1. The first-order valence-corrected chi connectivity index (χ1v) is 9.16. The molecule has 0 spiro atoms. The van der Waals surface area contributed by atoms with Gasteiger partial charge in [-0.15, -0.1) is 0 Å². The van der Waals surface area contributed by atoms with E-state index in [1.54, 1.807) is 13.2 Å². The van der Waals surface area contributed by atoms with Gasteiger partial charge in [-0.1, -0.05) is 11.6 Å². The van der Waals surface area contributed by atoms with Crippen LogP contribution in [0.5, 0.6) is 11.5 Å². The number of nitrogens with one attached hydrogen (secondary N) is 2. The lowest BCUT2D eigenvalue weighted by Gasteiger charge is -2.21. The third-order valence-corrected chi connectivity index (χ3v) is 3.83. The SMILES string of the molecule is COc1cc(CNCCCN(C)C)c(Cl)cc1OCC(=O)NC(C)(C)C. The van der Waals surface area contributed by atoms with Crippen LogP contribution in [0.3, 0.4) is 0 Å². The normalized spacial score (nSPS) is 11.5. The molecule has 7 heteroatoms. The Kier molecular flexibility index (Phi) is 9.19. The Morgan fingerprint density at radius 3 is 2.50 bits per heavy atom. The highest BCUT2D eigenvalue weighted by Crippen LogP contribution is 2.33. The number of hydrogen-bond acceptors (Lipinski definition) is 5. The average molecular weight is 386 g/mol. The van der Waals surface area contributed by atoms with Gasteiger partial charge in [0.1, 0.15) is 0 Å². The third kappa shape index (κ3) is 8.74. The molecule has 0 aliphatic carbocycles. The van der Waals surface area contributed by atoms with E-state index in [1.165, 1.54) is 0 Å². The molecule has 1 rings (SSSR count). The summed E-state index contributed by atoms with van der Waals surface area (Å²) in [5, 5.41) is 6.80. The molecule has 0 heterocycles. The van der Waals surface area contributed by atoms with Gasteiger partial charge in [0.05, 0.1) is 7.11 Å². The van der Waals surface area contributed by atoms with Gasteiger partial charge in [0, 0.05) is 23.2 Å². The van der Waals surface area contributed by atoms with Crippen molar-refractivity contribution >= 4 is 17.5 Å². The average Bonchev–Trinajstić information content (AvgIpc) is 2.52. The maximum absolute atomic E-state index is 11.9. The molecule has 6 nitrogen and oxygen atoms in total. The van der Waals surface area contributed by atoms with Gasteiger partial charge >= 0.3 is 0 Å². The van der Waals surface area contributed by atoms with Crippen LogP contribution in [-0.2, 0) is 11.3 Å². The lowest BCUT2D eigenvalue weighted by Crippen LogP contribution is -2.43. The summed E-state index contributed by atoms with van der Waals surface area (Å²) >= 11 is 6.36. The number of amides is 1. The summed E-state index contributed by atoms with van der Waals surface area (Å²) in [7, 11) is 5.68. The largest absolute Gasteiger partial charge is 0.493 e. The van der Waals surface area contributed by atoms with Gasteiger partial charge in [-0.05, 0) is 66.0 Å². The van der Waals surface area contributed by atoms with Crippen LogP contribution in [0.15, 0.2) is 12.1 Å². The third-order valence-electron chi connectivity index (χ3n) is 3.48. The first-order valence-electron chi connectivity index (χ1n) is 8.78. The van der Waals surface area contributed by atoms with Crippen molar-refractivity contribution in [2.24, 2.45) is 0 Å². The fourth-order valence-corrected chi connectivity index (χ4v) is 2.55. The van der Waals surface area contributed by atoms with E-state index in [2.05, 4.69) is 29.6 Å². The highest BCUT2D eigenvalue weighted by molar-refractivity contribution is 6.31. The second-order valence-corrected chi connectivity index (χ2v) is 7.92. The molecule has 0 bridgehead atoms. The van der Waals surface area contributed by atoms with Gasteiger partial charge in [-0.3, -0.25) is 4.79 Å². The lowest BCUT2D eigenvalue weighted by molar-refractivity contribution is -0.124. The van der Waals surface area contributed by atoms with Crippen molar-refractivity contribution in [2.45, 2.75) is 39.3 Å². The molecular weight excluding hydrogens is 354 g/mol. The Bertz CT molecular complexity index is 586. The Labute approximate surface area is 162 Å². The topological polar surface area (TPSA) is 62.8 Å². The summed E-state index contributed by atoms with van der Waals surface area (Å²) < 4.78 is 11.0. The molecule has 0 fully saturated rings. The van der Waals surface area contributed by atoms with Crippen molar-refractivity contribution in [1.29, 1.82) is 0 Å². The van der Waals surface area contributed by atoms with Crippen LogP contribution in [0, 0.1) is 0 Å². The summed E-state index contributed by atoms with van der Waals surface area (Å²) in [6.45, 7) is 8.25. The van der Waals surface area contributed by atoms with Crippen LogP contribution >= 0.6 is 11.6 Å². The molecule has 0 radical (unpaired) electrons. The van der Waals surface area contributed by atoms with Crippen molar-refractivity contribution in [1.82, 2.24) is 15.5 Å². The van der Waals surface area contributed by atoms with Crippen molar-refractivity contribution in [2.75, 3.05) is 40.9 Å². The fraction of sp³-hybridized carbons (Fsp3) is 0.632. The molecule has 0 aromatic heterocycles. The van der Waals surface area contributed by atoms with E-state index < -0.39 is 0 Å². The number of carbonyl (C=O) groups excluding carboxylic acids is 1. The Hall–Kier alpha value is -1.50. The quantitative estimate of drug-likeness (QED) is 0.606. The van der Waals surface area contributed by atoms with Crippen molar-refractivity contribution in [3.63, 3.8) is 0 Å². The zero-order valence-corrected chi connectivity index (χ0v) is 17.5. The molecule has 148 valence electrons. The number of ether oxygens (including phenoxy) is 2. The highest BCUT2D eigenvalue weighted by Gasteiger charge is 2.16. The molecule has 0 aliphatic heterocycles. The Morgan fingerprint density at radius 1 is 1.23 bits per heavy atom. The van der Waals surface area contributed by atoms with Crippen LogP contribution in [0.2, 0.25) is 5.02 Å². The van der Waals surface area contributed by atoms with Gasteiger partial charge in [0.2, 0.25) is 0 Å². The van der Waals surface area contributed by atoms with E-state index in [-0.39, 0.29) is 18.1 Å². The minimum absolute atomic E-state index is 0.0912. The molecule has 0 saturated carbocycles. The number of nitrogens with zero attached hydrogens (tertiary/aromatic N) is 1. The molecule has 0 aliphatic rings. The molecule has 1 amide bonds. The lowest BCUT2D eigenvalue weighted by atomic mass is 10.1. The summed E-state index contributed by atoms with van der Waals surface area (Å²) in [4.78, 5) is 14.1. The first kappa shape index (κ1) is 22.5. The van der Waals surface area contributed by atoms with Gasteiger partial charge in [0.25, 0.3) is 5.91 Å². The first-order chi connectivity index (χ1) is 12.1. The minimum Gasteiger partial charge on any atom is -0.493 e. The zero-order valence-electron chi connectivity index (χ0n) is 16.7. The molecule has 0 saturated heterocycles. The molecule has 1 aromatic carbocycles. The maximum atomic E-state index is 11.9. The monoisotopic (exact) mass is 385 g/mol. The molecular formula is C19H32ClN3O3. The van der Waals surface area contributed by atoms with Crippen LogP contribution < -0.4 is 20.1 Å². The van der Waals surface area contributed by atoms with E-state index in [0.717, 1.165) is 25.1 Å². The Balaban J connectivity index is 2.63. The van der Waals surface area contributed by atoms with Gasteiger partial charge < -0.3 is 25.0 Å². The van der Waals surface area contributed by atoms with E-state index in [1.807, 2.05) is 26.8 Å². The molecule has 26 heavy (non-hydrogen) atoms. The van der Waals surface area contributed by atoms with Gasteiger partial charge in [-0.25, -0.2) is 0 Å². The summed E-state index contributed by atoms with van der Waals surface area (Å²) in [6.07, 6.45) is 1.06. The van der Waals surface area contributed by atoms with Crippen molar-refractivity contribution in [3.8, 4) is 11.5 Å².